The summed E-state index contributed by atoms with van der Waals surface area (Å²) < 4.78 is 0. The fourth-order valence-electron chi connectivity index (χ4n) is 3.21. The van der Waals surface area contributed by atoms with Crippen molar-refractivity contribution in [2.24, 2.45) is 11.8 Å². The molecule has 0 radical (unpaired) electrons. The second kappa shape index (κ2) is 4.22. The highest BCUT2D eigenvalue weighted by Crippen LogP contribution is 2.51. The first-order valence-electron chi connectivity index (χ1n) is 6.47. The minimum absolute atomic E-state index is 0.232. The highest BCUT2D eigenvalue weighted by molar-refractivity contribution is 5.03. The van der Waals surface area contributed by atoms with Gasteiger partial charge in [-0.15, -0.1) is 0 Å². The van der Waals surface area contributed by atoms with Crippen LogP contribution in [-0.2, 0) is 0 Å². The van der Waals surface area contributed by atoms with Crippen LogP contribution in [0.5, 0.6) is 0 Å². The number of aliphatic hydroxyl groups is 1. The minimum atomic E-state index is -0.232. The average molecular weight is 196 g/mol. The molecule has 0 amide bonds. The molecule has 1 N–H and O–H groups in total. The molecule has 14 heavy (non-hydrogen) atoms. The molecule has 0 bridgehead atoms. The second-order valence-corrected chi connectivity index (χ2v) is 5.47. The van der Waals surface area contributed by atoms with Crippen molar-refractivity contribution in [2.75, 3.05) is 0 Å². The summed E-state index contributed by atoms with van der Waals surface area (Å²) in [6, 6.07) is 0. The number of hydrogen-bond acceptors (Lipinski definition) is 1. The molecule has 2 atom stereocenters. The summed E-state index contributed by atoms with van der Waals surface area (Å²) >= 11 is 0. The maximum Gasteiger partial charge on any atom is 0.0683 e. The summed E-state index contributed by atoms with van der Waals surface area (Å²) in [6.45, 7) is 2.20. The lowest BCUT2D eigenvalue weighted by Gasteiger charge is -2.18. The van der Waals surface area contributed by atoms with E-state index in [9.17, 15) is 5.11 Å². The van der Waals surface area contributed by atoms with Gasteiger partial charge in [0, 0.05) is 0 Å². The minimum Gasteiger partial charge on any atom is -0.390 e. The molecule has 2 fully saturated rings. The van der Waals surface area contributed by atoms with E-state index >= 15 is 0 Å². The molecule has 2 aliphatic rings. The lowest BCUT2D eigenvalue weighted by molar-refractivity contribution is 0.0958. The second-order valence-electron chi connectivity index (χ2n) is 5.47. The molecule has 82 valence electrons. The summed E-state index contributed by atoms with van der Waals surface area (Å²) in [5.41, 5.74) is -0.232. The fraction of sp³-hybridized carbons (Fsp3) is 1.00. The van der Waals surface area contributed by atoms with Gasteiger partial charge in [-0.25, -0.2) is 0 Å². The zero-order chi connectivity index (χ0) is 10.0. The molecular formula is C13H24O. The van der Waals surface area contributed by atoms with Crippen molar-refractivity contribution in [2.45, 2.75) is 70.3 Å². The monoisotopic (exact) mass is 196 g/mol. The van der Waals surface area contributed by atoms with Crippen LogP contribution >= 0.6 is 0 Å². The smallest absolute Gasteiger partial charge is 0.0683 e. The Morgan fingerprint density at radius 3 is 2.29 bits per heavy atom. The summed E-state index contributed by atoms with van der Waals surface area (Å²) in [5, 5.41) is 10.2. The van der Waals surface area contributed by atoms with Crippen molar-refractivity contribution in [1.82, 2.24) is 0 Å². The highest BCUT2D eigenvalue weighted by atomic mass is 16.3. The van der Waals surface area contributed by atoms with Crippen LogP contribution in [0.4, 0.5) is 0 Å². The van der Waals surface area contributed by atoms with Gasteiger partial charge in [0.25, 0.3) is 0 Å². The normalized spacial score (nSPS) is 39.4. The Hall–Kier alpha value is -0.0400. The molecule has 0 aromatic carbocycles. The Labute approximate surface area is 87.9 Å². The molecular weight excluding hydrogens is 172 g/mol. The van der Waals surface area contributed by atoms with Gasteiger partial charge in [0.1, 0.15) is 0 Å². The van der Waals surface area contributed by atoms with E-state index in [2.05, 4.69) is 6.92 Å². The Morgan fingerprint density at radius 1 is 1.14 bits per heavy atom. The number of rotatable bonds is 3. The molecule has 0 aromatic heterocycles. The molecule has 2 saturated carbocycles. The Bertz CT molecular complexity index is 182. The first-order valence-corrected chi connectivity index (χ1v) is 6.47. The van der Waals surface area contributed by atoms with Crippen molar-refractivity contribution in [3.8, 4) is 0 Å². The van der Waals surface area contributed by atoms with Gasteiger partial charge in [-0.05, 0) is 24.7 Å². The van der Waals surface area contributed by atoms with Crippen molar-refractivity contribution < 1.29 is 5.11 Å². The van der Waals surface area contributed by atoms with Gasteiger partial charge in [0.05, 0.1) is 5.60 Å². The standard InChI is InChI=1S/C13H24O/c1-2-12-10-13(12,14)9-11-7-5-3-4-6-8-11/h11-12,14H,2-10H2,1H3. The van der Waals surface area contributed by atoms with Gasteiger partial charge in [0.2, 0.25) is 0 Å². The van der Waals surface area contributed by atoms with Gasteiger partial charge in [0.15, 0.2) is 0 Å². The zero-order valence-electron chi connectivity index (χ0n) is 9.47. The van der Waals surface area contributed by atoms with E-state index in [0.29, 0.717) is 5.92 Å². The summed E-state index contributed by atoms with van der Waals surface area (Å²) in [5.74, 6) is 1.46. The van der Waals surface area contributed by atoms with Crippen molar-refractivity contribution in [3.63, 3.8) is 0 Å². The van der Waals surface area contributed by atoms with Gasteiger partial charge in [-0.1, -0.05) is 51.9 Å². The van der Waals surface area contributed by atoms with Gasteiger partial charge in [-0.3, -0.25) is 0 Å². The van der Waals surface area contributed by atoms with Gasteiger partial charge < -0.3 is 5.11 Å². The van der Waals surface area contributed by atoms with Crippen LogP contribution in [0.25, 0.3) is 0 Å². The van der Waals surface area contributed by atoms with E-state index in [1.165, 1.54) is 44.9 Å². The Balaban J connectivity index is 1.79. The summed E-state index contributed by atoms with van der Waals surface area (Å²) in [7, 11) is 0. The average Bonchev–Trinajstić information content (AvgIpc) is 2.87. The van der Waals surface area contributed by atoms with Crippen molar-refractivity contribution in [1.29, 1.82) is 0 Å². The predicted molar refractivity (Wildman–Crippen MR) is 59.2 cm³/mol. The van der Waals surface area contributed by atoms with Crippen LogP contribution in [-0.4, -0.2) is 10.7 Å². The van der Waals surface area contributed by atoms with Crippen LogP contribution in [0.3, 0.4) is 0 Å². The van der Waals surface area contributed by atoms with Gasteiger partial charge >= 0.3 is 0 Å². The quantitative estimate of drug-likeness (QED) is 0.685. The fourth-order valence-corrected chi connectivity index (χ4v) is 3.21. The molecule has 2 rings (SSSR count). The highest BCUT2D eigenvalue weighted by Gasteiger charge is 2.51. The van der Waals surface area contributed by atoms with Gasteiger partial charge in [-0.2, -0.15) is 0 Å². The SMILES string of the molecule is CCC1CC1(O)CC1CCCCCC1. The van der Waals surface area contributed by atoms with E-state index < -0.39 is 0 Å². The first kappa shape index (κ1) is 10.5. The third kappa shape index (κ3) is 2.31. The van der Waals surface area contributed by atoms with E-state index in [4.69, 9.17) is 0 Å². The van der Waals surface area contributed by atoms with E-state index in [0.717, 1.165) is 18.8 Å². The molecule has 0 aliphatic heterocycles. The zero-order valence-corrected chi connectivity index (χ0v) is 9.47. The third-order valence-corrected chi connectivity index (χ3v) is 4.31. The maximum absolute atomic E-state index is 10.2. The van der Waals surface area contributed by atoms with Crippen LogP contribution in [0, 0.1) is 11.8 Å². The molecule has 0 saturated heterocycles. The van der Waals surface area contributed by atoms with Crippen molar-refractivity contribution in [3.05, 3.63) is 0 Å². The van der Waals surface area contributed by atoms with Crippen LogP contribution in [0.15, 0.2) is 0 Å². The van der Waals surface area contributed by atoms with Crippen LogP contribution in [0.2, 0.25) is 0 Å². The predicted octanol–water partition coefficient (Wildman–Crippen LogP) is 3.51. The molecule has 2 unspecified atom stereocenters. The molecule has 0 aromatic rings. The Morgan fingerprint density at radius 2 is 1.79 bits per heavy atom. The molecule has 1 nitrogen and oxygen atoms in total. The molecule has 0 spiro atoms. The summed E-state index contributed by atoms with van der Waals surface area (Å²) in [6.07, 6.45) is 11.7. The van der Waals surface area contributed by atoms with Crippen LogP contribution < -0.4 is 0 Å². The van der Waals surface area contributed by atoms with E-state index in [-0.39, 0.29) is 5.60 Å². The largest absolute Gasteiger partial charge is 0.390 e. The Kier molecular flexibility index (Phi) is 3.16. The number of hydrogen-bond donors (Lipinski definition) is 1. The molecule has 1 heteroatoms. The molecule has 2 aliphatic carbocycles. The van der Waals surface area contributed by atoms with E-state index in [1.54, 1.807) is 0 Å². The third-order valence-electron chi connectivity index (χ3n) is 4.31. The lowest BCUT2D eigenvalue weighted by atomic mass is 9.91. The first-order chi connectivity index (χ1) is 6.74. The maximum atomic E-state index is 10.2. The molecule has 0 heterocycles. The topological polar surface area (TPSA) is 20.2 Å². The van der Waals surface area contributed by atoms with E-state index in [1.807, 2.05) is 0 Å². The lowest BCUT2D eigenvalue weighted by Crippen LogP contribution is -2.17. The summed E-state index contributed by atoms with van der Waals surface area (Å²) in [4.78, 5) is 0. The van der Waals surface area contributed by atoms with Crippen LogP contribution in [0.1, 0.15) is 64.7 Å². The van der Waals surface area contributed by atoms with Crippen molar-refractivity contribution >= 4 is 0 Å².